The molecule has 0 bridgehead atoms. The fourth-order valence-electron chi connectivity index (χ4n) is 1.74. The van der Waals surface area contributed by atoms with Crippen LogP contribution >= 0.6 is 15.9 Å². The summed E-state index contributed by atoms with van der Waals surface area (Å²) >= 11 is 3.04. The number of carbonyl (C=O) groups is 1. The molecule has 0 atom stereocenters. The van der Waals surface area contributed by atoms with E-state index in [1.54, 1.807) is 0 Å². The summed E-state index contributed by atoms with van der Waals surface area (Å²) in [5, 5.41) is 8.73. The maximum absolute atomic E-state index is 13.4. The lowest BCUT2D eigenvalue weighted by molar-refractivity contribution is -0.138. The largest absolute Gasteiger partial charge is 0.490 e. The third kappa shape index (κ3) is 2.98. The van der Waals surface area contributed by atoms with Crippen LogP contribution in [0.2, 0.25) is 0 Å². The molecule has 0 saturated heterocycles. The van der Waals surface area contributed by atoms with Crippen LogP contribution in [0.1, 0.15) is 19.3 Å². The quantitative estimate of drug-likeness (QED) is 0.846. The van der Waals surface area contributed by atoms with Gasteiger partial charge in [-0.1, -0.05) is 15.9 Å². The Morgan fingerprint density at radius 3 is 2.67 bits per heavy atom. The number of aliphatic carboxylic acids is 1. The minimum absolute atomic E-state index is 0.00882. The van der Waals surface area contributed by atoms with E-state index in [0.29, 0.717) is 4.47 Å². The molecule has 0 aliphatic heterocycles. The van der Waals surface area contributed by atoms with E-state index in [0.717, 1.165) is 18.9 Å². The van der Waals surface area contributed by atoms with Crippen molar-refractivity contribution in [2.45, 2.75) is 19.3 Å². The molecule has 0 radical (unpaired) electrons. The van der Waals surface area contributed by atoms with E-state index in [-0.39, 0.29) is 18.8 Å². The molecule has 0 spiro atoms. The molecule has 1 aliphatic rings. The van der Waals surface area contributed by atoms with Crippen LogP contribution < -0.4 is 4.74 Å². The van der Waals surface area contributed by atoms with Gasteiger partial charge >= 0.3 is 5.97 Å². The molecule has 2 rings (SSSR count). The topological polar surface area (TPSA) is 46.5 Å². The molecule has 1 aliphatic carbocycles. The zero-order chi connectivity index (χ0) is 13.3. The van der Waals surface area contributed by atoms with Gasteiger partial charge in [0.25, 0.3) is 0 Å². The van der Waals surface area contributed by atoms with Gasteiger partial charge in [-0.3, -0.25) is 4.79 Å². The van der Waals surface area contributed by atoms with Crippen molar-refractivity contribution in [1.82, 2.24) is 0 Å². The summed E-state index contributed by atoms with van der Waals surface area (Å²) in [5.41, 5.74) is -0.420. The molecule has 1 N–H and O–H groups in total. The molecule has 0 unspecified atom stereocenters. The Bertz CT molecular complexity index is 486. The third-order valence-corrected chi connectivity index (χ3v) is 3.43. The van der Waals surface area contributed by atoms with Crippen LogP contribution in [0.3, 0.4) is 0 Å². The van der Waals surface area contributed by atoms with Crippen molar-refractivity contribution in [1.29, 1.82) is 0 Å². The minimum atomic E-state index is -1.05. The highest BCUT2D eigenvalue weighted by atomic mass is 79.9. The second kappa shape index (κ2) is 4.84. The Morgan fingerprint density at radius 1 is 1.44 bits per heavy atom. The van der Waals surface area contributed by atoms with Gasteiger partial charge in [0.05, 0.1) is 13.0 Å². The van der Waals surface area contributed by atoms with Gasteiger partial charge in [-0.25, -0.2) is 4.39 Å². The van der Waals surface area contributed by atoms with E-state index in [1.165, 1.54) is 6.07 Å². The van der Waals surface area contributed by atoms with E-state index in [4.69, 9.17) is 9.84 Å². The van der Waals surface area contributed by atoms with Crippen molar-refractivity contribution < 1.29 is 23.4 Å². The van der Waals surface area contributed by atoms with Crippen LogP contribution in [-0.2, 0) is 4.79 Å². The standard InChI is InChI=1S/C12H11BrF2O3/c13-7-3-8(14)11(15)9(4-7)18-6-12(1-2-12)5-10(16)17/h3-4H,1-2,5-6H2,(H,16,17). The molecule has 0 aromatic heterocycles. The van der Waals surface area contributed by atoms with Crippen molar-refractivity contribution in [3.63, 3.8) is 0 Å². The van der Waals surface area contributed by atoms with Crippen molar-refractivity contribution in [2.75, 3.05) is 6.61 Å². The maximum Gasteiger partial charge on any atom is 0.304 e. The smallest absolute Gasteiger partial charge is 0.304 e. The SMILES string of the molecule is O=C(O)CC1(COc2cc(Br)cc(F)c2F)CC1. The highest BCUT2D eigenvalue weighted by Gasteiger charge is 2.45. The lowest BCUT2D eigenvalue weighted by atomic mass is 10.0. The lowest BCUT2D eigenvalue weighted by Gasteiger charge is -2.14. The van der Waals surface area contributed by atoms with Gasteiger partial charge in [-0.15, -0.1) is 0 Å². The summed E-state index contributed by atoms with van der Waals surface area (Å²) in [4.78, 5) is 10.6. The summed E-state index contributed by atoms with van der Waals surface area (Å²) < 4.78 is 32.1. The number of rotatable bonds is 5. The summed E-state index contributed by atoms with van der Waals surface area (Å²) in [6.07, 6.45) is 1.46. The van der Waals surface area contributed by atoms with Crippen LogP contribution in [-0.4, -0.2) is 17.7 Å². The van der Waals surface area contributed by atoms with Crippen molar-refractivity contribution >= 4 is 21.9 Å². The molecule has 0 heterocycles. The molecular weight excluding hydrogens is 310 g/mol. The predicted molar refractivity (Wildman–Crippen MR) is 63.5 cm³/mol. The third-order valence-electron chi connectivity index (χ3n) is 2.98. The van der Waals surface area contributed by atoms with Gasteiger partial charge in [-0.05, 0) is 25.0 Å². The van der Waals surface area contributed by atoms with Gasteiger partial charge in [-0.2, -0.15) is 4.39 Å². The molecule has 18 heavy (non-hydrogen) atoms. The number of hydrogen-bond donors (Lipinski definition) is 1. The summed E-state index contributed by atoms with van der Waals surface area (Å²) in [6.45, 7) is 0.0894. The Kier molecular flexibility index (Phi) is 3.56. The minimum Gasteiger partial charge on any atom is -0.490 e. The zero-order valence-corrected chi connectivity index (χ0v) is 11.0. The molecule has 1 aromatic carbocycles. The molecule has 0 amide bonds. The maximum atomic E-state index is 13.4. The lowest BCUT2D eigenvalue weighted by Crippen LogP contribution is -2.17. The van der Waals surface area contributed by atoms with E-state index in [1.807, 2.05) is 0 Å². The number of ether oxygens (including phenoxy) is 1. The van der Waals surface area contributed by atoms with Gasteiger partial charge in [0.15, 0.2) is 11.6 Å². The van der Waals surface area contributed by atoms with E-state index in [9.17, 15) is 13.6 Å². The predicted octanol–water partition coefficient (Wildman–Crippen LogP) is 3.36. The van der Waals surface area contributed by atoms with Gasteiger partial charge in [0, 0.05) is 9.89 Å². The van der Waals surface area contributed by atoms with E-state index < -0.39 is 23.0 Å². The average molecular weight is 321 g/mol. The Labute approximate surface area is 111 Å². The second-order valence-electron chi connectivity index (χ2n) is 4.56. The fourth-order valence-corrected chi connectivity index (χ4v) is 2.15. The van der Waals surface area contributed by atoms with Crippen LogP contribution in [0.5, 0.6) is 5.75 Å². The number of benzene rings is 1. The van der Waals surface area contributed by atoms with Gasteiger partial charge in [0.1, 0.15) is 0 Å². The number of halogens is 3. The van der Waals surface area contributed by atoms with Crippen LogP contribution in [0.4, 0.5) is 8.78 Å². The molecule has 1 saturated carbocycles. The first-order valence-electron chi connectivity index (χ1n) is 5.41. The number of carboxylic acids is 1. The average Bonchev–Trinajstić information content (AvgIpc) is 3.01. The molecule has 98 valence electrons. The summed E-state index contributed by atoms with van der Waals surface area (Å²) in [5.74, 6) is -3.15. The first-order valence-corrected chi connectivity index (χ1v) is 6.20. The Balaban J connectivity index is 2.05. The van der Waals surface area contributed by atoms with Gasteiger partial charge < -0.3 is 9.84 Å². The van der Waals surface area contributed by atoms with Crippen LogP contribution in [0.25, 0.3) is 0 Å². The first-order chi connectivity index (χ1) is 8.42. The first kappa shape index (κ1) is 13.3. The summed E-state index contributed by atoms with van der Waals surface area (Å²) in [6, 6.07) is 2.33. The normalized spacial score (nSPS) is 16.4. The van der Waals surface area contributed by atoms with Gasteiger partial charge in [0.2, 0.25) is 5.82 Å². The molecule has 1 aromatic rings. The van der Waals surface area contributed by atoms with E-state index >= 15 is 0 Å². The molecule has 3 nitrogen and oxygen atoms in total. The van der Waals surface area contributed by atoms with Crippen LogP contribution in [0.15, 0.2) is 16.6 Å². The zero-order valence-electron chi connectivity index (χ0n) is 9.38. The monoisotopic (exact) mass is 320 g/mol. The Hall–Kier alpha value is -1.17. The molecule has 1 fully saturated rings. The van der Waals surface area contributed by atoms with Crippen molar-refractivity contribution in [3.8, 4) is 5.75 Å². The molecular formula is C12H11BrF2O3. The highest BCUT2D eigenvalue weighted by Crippen LogP contribution is 2.49. The number of hydrogen-bond acceptors (Lipinski definition) is 2. The fraction of sp³-hybridized carbons (Fsp3) is 0.417. The highest BCUT2D eigenvalue weighted by molar-refractivity contribution is 9.10. The number of carboxylic acid groups (broad SMARTS) is 1. The van der Waals surface area contributed by atoms with Crippen LogP contribution in [0, 0.1) is 17.0 Å². The second-order valence-corrected chi connectivity index (χ2v) is 5.47. The summed E-state index contributed by atoms with van der Waals surface area (Å²) in [7, 11) is 0. The Morgan fingerprint density at radius 2 is 2.11 bits per heavy atom. The van der Waals surface area contributed by atoms with Crippen molar-refractivity contribution in [3.05, 3.63) is 28.2 Å². The molecule has 6 heteroatoms. The van der Waals surface area contributed by atoms with E-state index in [2.05, 4.69) is 15.9 Å². The van der Waals surface area contributed by atoms with Crippen molar-refractivity contribution in [2.24, 2.45) is 5.41 Å².